The highest BCUT2D eigenvalue weighted by atomic mass is 16.3. The molecule has 2 atom stereocenters. The molecule has 1 aromatic heterocycles. The summed E-state index contributed by atoms with van der Waals surface area (Å²) in [6.45, 7) is 5.10. The van der Waals surface area contributed by atoms with Crippen LogP contribution in [0.2, 0.25) is 0 Å². The second-order valence-corrected chi connectivity index (χ2v) is 5.37. The molecule has 0 radical (unpaired) electrons. The van der Waals surface area contributed by atoms with Gasteiger partial charge in [-0.1, -0.05) is 13.3 Å². The first-order chi connectivity index (χ1) is 9.15. The maximum absolute atomic E-state index is 9.34. The fourth-order valence-corrected chi connectivity index (χ4v) is 2.76. The molecule has 2 unspecified atom stereocenters. The van der Waals surface area contributed by atoms with Crippen LogP contribution >= 0.6 is 0 Å². The van der Waals surface area contributed by atoms with E-state index < -0.39 is 0 Å². The van der Waals surface area contributed by atoms with Gasteiger partial charge in [0.25, 0.3) is 0 Å². The molecule has 1 fully saturated rings. The summed E-state index contributed by atoms with van der Waals surface area (Å²) in [4.78, 5) is 8.75. The molecule has 19 heavy (non-hydrogen) atoms. The van der Waals surface area contributed by atoms with Crippen molar-refractivity contribution in [3.8, 4) is 0 Å². The molecule has 0 aromatic carbocycles. The number of hydrogen-bond donors (Lipinski definition) is 3. The van der Waals surface area contributed by atoms with Crippen molar-refractivity contribution in [2.24, 2.45) is 11.8 Å². The molecular formula is C14H24N4O. The molecule has 0 aliphatic heterocycles. The Morgan fingerprint density at radius 2 is 2.05 bits per heavy atom. The number of hydrogen-bond acceptors (Lipinski definition) is 5. The summed E-state index contributed by atoms with van der Waals surface area (Å²) in [6, 6.07) is 0. The zero-order valence-corrected chi connectivity index (χ0v) is 11.8. The first-order valence-corrected chi connectivity index (χ1v) is 7.13. The van der Waals surface area contributed by atoms with Crippen molar-refractivity contribution in [1.82, 2.24) is 9.97 Å². The number of nitrogen functional groups attached to an aromatic ring is 1. The van der Waals surface area contributed by atoms with Gasteiger partial charge < -0.3 is 16.2 Å². The number of aliphatic hydroxyl groups is 1. The predicted octanol–water partition coefficient (Wildman–Crippen LogP) is 1.75. The normalized spacial score (nSPS) is 22.7. The van der Waals surface area contributed by atoms with Gasteiger partial charge in [0.05, 0.1) is 0 Å². The Morgan fingerprint density at radius 3 is 2.74 bits per heavy atom. The standard InChI is InChI=1S/C14H24N4O/c1-3-12-17-13(15)9(2)14(18-12)16-7-10-5-4-6-11(10)8-19/h10-11,19H,3-8H2,1-2H3,(H3,15,16,17,18). The lowest BCUT2D eigenvalue weighted by Gasteiger charge is -2.19. The molecule has 5 nitrogen and oxygen atoms in total. The summed E-state index contributed by atoms with van der Waals surface area (Å²) in [5.41, 5.74) is 6.82. The molecule has 1 saturated carbocycles. The van der Waals surface area contributed by atoms with Crippen LogP contribution < -0.4 is 11.1 Å². The Morgan fingerprint density at radius 1 is 1.32 bits per heavy atom. The number of aliphatic hydroxyl groups excluding tert-OH is 1. The molecule has 1 aliphatic rings. The zero-order chi connectivity index (χ0) is 13.8. The molecule has 5 heteroatoms. The van der Waals surface area contributed by atoms with E-state index in [4.69, 9.17) is 5.73 Å². The van der Waals surface area contributed by atoms with E-state index in [1.54, 1.807) is 0 Å². The Hall–Kier alpha value is -1.36. The Kier molecular flexibility index (Phi) is 4.58. The van der Waals surface area contributed by atoms with Crippen molar-refractivity contribution in [2.45, 2.75) is 39.5 Å². The molecule has 0 spiro atoms. The van der Waals surface area contributed by atoms with Gasteiger partial charge in [-0.05, 0) is 31.6 Å². The molecule has 0 bridgehead atoms. The van der Waals surface area contributed by atoms with Crippen molar-refractivity contribution in [3.05, 3.63) is 11.4 Å². The first-order valence-electron chi connectivity index (χ1n) is 7.13. The predicted molar refractivity (Wildman–Crippen MR) is 77.0 cm³/mol. The third kappa shape index (κ3) is 3.15. The summed E-state index contributed by atoms with van der Waals surface area (Å²) >= 11 is 0. The molecule has 4 N–H and O–H groups in total. The number of nitrogens with two attached hydrogens (primary N) is 1. The topological polar surface area (TPSA) is 84.1 Å². The molecule has 106 valence electrons. The minimum atomic E-state index is 0.289. The zero-order valence-electron chi connectivity index (χ0n) is 11.8. The van der Waals surface area contributed by atoms with Gasteiger partial charge in [0.15, 0.2) is 0 Å². The van der Waals surface area contributed by atoms with E-state index >= 15 is 0 Å². The fraction of sp³-hybridized carbons (Fsp3) is 0.714. The van der Waals surface area contributed by atoms with E-state index in [0.717, 1.165) is 36.6 Å². The third-order valence-electron chi connectivity index (χ3n) is 4.13. The van der Waals surface area contributed by atoms with Crippen LogP contribution in [0.4, 0.5) is 11.6 Å². The average molecular weight is 264 g/mol. The Labute approximate surface area is 114 Å². The van der Waals surface area contributed by atoms with Crippen molar-refractivity contribution in [3.63, 3.8) is 0 Å². The van der Waals surface area contributed by atoms with E-state index in [1.165, 1.54) is 12.8 Å². The second kappa shape index (κ2) is 6.19. The highest BCUT2D eigenvalue weighted by Gasteiger charge is 2.26. The molecule has 1 aromatic rings. The van der Waals surface area contributed by atoms with Crippen LogP contribution in [0, 0.1) is 18.8 Å². The van der Waals surface area contributed by atoms with E-state index in [-0.39, 0.29) is 6.61 Å². The molecule has 1 heterocycles. The number of aryl methyl sites for hydroxylation is 1. The van der Waals surface area contributed by atoms with E-state index in [0.29, 0.717) is 17.7 Å². The van der Waals surface area contributed by atoms with Crippen LogP contribution in [-0.4, -0.2) is 28.2 Å². The number of anilines is 2. The largest absolute Gasteiger partial charge is 0.396 e. The smallest absolute Gasteiger partial charge is 0.134 e. The molecular weight excluding hydrogens is 240 g/mol. The van der Waals surface area contributed by atoms with Gasteiger partial charge in [0, 0.05) is 25.1 Å². The lowest BCUT2D eigenvalue weighted by atomic mass is 9.97. The number of rotatable bonds is 5. The molecule has 0 amide bonds. The van der Waals surface area contributed by atoms with E-state index in [2.05, 4.69) is 15.3 Å². The Bertz CT molecular complexity index is 436. The van der Waals surface area contributed by atoms with Crippen LogP contribution in [0.15, 0.2) is 0 Å². The maximum Gasteiger partial charge on any atom is 0.134 e. The van der Waals surface area contributed by atoms with Crippen molar-refractivity contribution in [2.75, 3.05) is 24.2 Å². The van der Waals surface area contributed by atoms with Crippen LogP contribution in [0.25, 0.3) is 0 Å². The minimum absolute atomic E-state index is 0.289. The summed E-state index contributed by atoms with van der Waals surface area (Å²) < 4.78 is 0. The summed E-state index contributed by atoms with van der Waals surface area (Å²) in [6.07, 6.45) is 4.30. The van der Waals surface area contributed by atoms with Crippen molar-refractivity contribution >= 4 is 11.6 Å². The van der Waals surface area contributed by atoms with Crippen molar-refractivity contribution in [1.29, 1.82) is 0 Å². The van der Waals surface area contributed by atoms with Crippen LogP contribution in [0.3, 0.4) is 0 Å². The Balaban J connectivity index is 2.04. The highest BCUT2D eigenvalue weighted by Crippen LogP contribution is 2.31. The van der Waals surface area contributed by atoms with Gasteiger partial charge in [0.2, 0.25) is 0 Å². The SMILES string of the molecule is CCc1nc(N)c(C)c(NCC2CCCC2CO)n1. The second-order valence-electron chi connectivity index (χ2n) is 5.37. The molecule has 1 aliphatic carbocycles. The number of nitrogens with one attached hydrogen (secondary N) is 1. The van der Waals surface area contributed by atoms with Gasteiger partial charge in [-0.15, -0.1) is 0 Å². The van der Waals surface area contributed by atoms with Crippen molar-refractivity contribution < 1.29 is 5.11 Å². The van der Waals surface area contributed by atoms with Gasteiger partial charge in [-0.25, -0.2) is 9.97 Å². The summed E-state index contributed by atoms with van der Waals surface area (Å²) in [5, 5.41) is 12.7. The monoisotopic (exact) mass is 264 g/mol. The molecule has 2 rings (SSSR count). The van der Waals surface area contributed by atoms with Gasteiger partial charge >= 0.3 is 0 Å². The lowest BCUT2D eigenvalue weighted by Crippen LogP contribution is -2.22. The van der Waals surface area contributed by atoms with Gasteiger partial charge in [-0.3, -0.25) is 0 Å². The molecule has 0 saturated heterocycles. The van der Waals surface area contributed by atoms with E-state index in [9.17, 15) is 5.11 Å². The average Bonchev–Trinajstić information content (AvgIpc) is 2.87. The third-order valence-corrected chi connectivity index (χ3v) is 4.13. The first kappa shape index (κ1) is 14.1. The van der Waals surface area contributed by atoms with Gasteiger partial charge in [0.1, 0.15) is 17.5 Å². The van der Waals surface area contributed by atoms with Gasteiger partial charge in [-0.2, -0.15) is 0 Å². The summed E-state index contributed by atoms with van der Waals surface area (Å²) in [5.74, 6) is 3.13. The van der Waals surface area contributed by atoms with E-state index in [1.807, 2.05) is 13.8 Å². The fourth-order valence-electron chi connectivity index (χ4n) is 2.76. The van der Waals surface area contributed by atoms with Crippen LogP contribution in [-0.2, 0) is 6.42 Å². The lowest BCUT2D eigenvalue weighted by molar-refractivity contribution is 0.199. The maximum atomic E-state index is 9.34. The minimum Gasteiger partial charge on any atom is -0.396 e. The number of aromatic nitrogens is 2. The van der Waals surface area contributed by atoms with Crippen LogP contribution in [0.5, 0.6) is 0 Å². The quantitative estimate of drug-likeness (QED) is 0.754. The number of nitrogens with zero attached hydrogens (tertiary/aromatic N) is 2. The highest BCUT2D eigenvalue weighted by molar-refractivity contribution is 5.54. The van der Waals surface area contributed by atoms with Crippen LogP contribution in [0.1, 0.15) is 37.6 Å². The summed E-state index contributed by atoms with van der Waals surface area (Å²) in [7, 11) is 0.